The number of rotatable bonds is 6. The summed E-state index contributed by atoms with van der Waals surface area (Å²) in [5, 5.41) is 4.99. The van der Waals surface area contributed by atoms with E-state index in [2.05, 4.69) is 30.3 Å². The fraction of sp³-hybridized carbons (Fsp3) is 0.391. The Kier molecular flexibility index (Phi) is 6.89. The van der Waals surface area contributed by atoms with E-state index in [1.54, 1.807) is 6.21 Å². The third kappa shape index (κ3) is 5.30. The molecule has 1 aromatic carbocycles. The van der Waals surface area contributed by atoms with Gasteiger partial charge in [0.25, 0.3) is 0 Å². The van der Waals surface area contributed by atoms with Crippen LogP contribution in [0, 0.1) is 6.92 Å². The third-order valence-electron chi connectivity index (χ3n) is 5.64. The first-order valence-corrected chi connectivity index (χ1v) is 11.6. The molecule has 0 radical (unpaired) electrons. The molecule has 0 bridgehead atoms. The number of nitrogens with one attached hydrogen (secondary N) is 1. The highest BCUT2D eigenvalue weighted by atomic mass is 35.5. The molecule has 3 aromatic rings. The molecule has 0 aliphatic carbocycles. The molecule has 2 fully saturated rings. The van der Waals surface area contributed by atoms with Crippen molar-refractivity contribution in [2.75, 3.05) is 67.8 Å². The van der Waals surface area contributed by atoms with Gasteiger partial charge in [0, 0.05) is 36.8 Å². The lowest BCUT2D eigenvalue weighted by Gasteiger charge is -2.30. The van der Waals surface area contributed by atoms with Crippen LogP contribution in [0.25, 0.3) is 11.3 Å². The highest BCUT2D eigenvalue weighted by molar-refractivity contribution is 6.31. The smallest absolute Gasteiger partial charge is 0.250 e. The van der Waals surface area contributed by atoms with Gasteiger partial charge in [-0.1, -0.05) is 23.7 Å². The average molecular weight is 484 g/mol. The second-order valence-corrected chi connectivity index (χ2v) is 8.40. The lowest BCUT2D eigenvalue weighted by Crippen LogP contribution is -2.40. The van der Waals surface area contributed by atoms with Crippen LogP contribution in [0.1, 0.15) is 11.3 Å². The summed E-state index contributed by atoms with van der Waals surface area (Å²) < 4.78 is 16.8. The van der Waals surface area contributed by atoms with Crippen LogP contribution in [0.4, 0.5) is 17.8 Å². The van der Waals surface area contributed by atoms with Crippen LogP contribution in [-0.4, -0.2) is 73.8 Å². The van der Waals surface area contributed by atoms with Crippen molar-refractivity contribution in [2.45, 2.75) is 6.92 Å². The molecule has 0 spiro atoms. The van der Waals surface area contributed by atoms with E-state index in [0.29, 0.717) is 60.8 Å². The van der Waals surface area contributed by atoms with Crippen LogP contribution in [0.3, 0.4) is 0 Å². The van der Waals surface area contributed by atoms with Crippen LogP contribution in [0.2, 0.25) is 5.02 Å². The Morgan fingerprint density at radius 1 is 0.912 bits per heavy atom. The van der Waals surface area contributed by atoms with E-state index in [4.69, 9.17) is 30.5 Å². The van der Waals surface area contributed by atoms with Crippen molar-refractivity contribution in [2.24, 2.45) is 5.10 Å². The zero-order chi connectivity index (χ0) is 23.3. The summed E-state index contributed by atoms with van der Waals surface area (Å²) in [4.78, 5) is 18.0. The molecule has 5 rings (SSSR count). The van der Waals surface area contributed by atoms with Crippen molar-refractivity contribution >= 4 is 35.7 Å². The van der Waals surface area contributed by atoms with Crippen molar-refractivity contribution < 1.29 is 13.9 Å². The van der Waals surface area contributed by atoms with Crippen LogP contribution >= 0.6 is 11.6 Å². The second kappa shape index (κ2) is 10.4. The molecule has 11 heteroatoms. The number of hydrogen-bond acceptors (Lipinski definition) is 10. The molecule has 0 amide bonds. The minimum absolute atomic E-state index is 0.367. The van der Waals surface area contributed by atoms with Gasteiger partial charge in [-0.15, -0.1) is 0 Å². The summed E-state index contributed by atoms with van der Waals surface area (Å²) in [6.45, 7) is 7.47. The predicted octanol–water partition coefficient (Wildman–Crippen LogP) is 3.21. The lowest BCUT2D eigenvalue weighted by molar-refractivity contribution is 0.121. The van der Waals surface area contributed by atoms with E-state index >= 15 is 0 Å². The predicted molar refractivity (Wildman–Crippen MR) is 131 cm³/mol. The van der Waals surface area contributed by atoms with Gasteiger partial charge in [0.15, 0.2) is 0 Å². The fourth-order valence-electron chi connectivity index (χ4n) is 3.69. The average Bonchev–Trinajstić information content (AvgIpc) is 3.35. The molecule has 0 atom stereocenters. The number of halogens is 1. The maximum atomic E-state index is 6.24. The molecule has 178 valence electrons. The maximum absolute atomic E-state index is 6.24. The quantitative estimate of drug-likeness (QED) is 0.418. The second-order valence-electron chi connectivity index (χ2n) is 7.99. The highest BCUT2D eigenvalue weighted by Gasteiger charge is 2.20. The zero-order valence-corrected chi connectivity index (χ0v) is 19.7. The summed E-state index contributed by atoms with van der Waals surface area (Å²) in [5.74, 6) is 2.89. The van der Waals surface area contributed by atoms with E-state index in [1.165, 1.54) is 0 Å². The third-order valence-corrected chi connectivity index (χ3v) is 6.05. The van der Waals surface area contributed by atoms with Gasteiger partial charge in [0.05, 0.1) is 32.6 Å². The molecule has 10 nitrogen and oxygen atoms in total. The Bertz CT molecular complexity index is 1120. The number of aromatic nitrogens is 3. The molecule has 2 aliphatic heterocycles. The molecule has 34 heavy (non-hydrogen) atoms. The molecule has 4 heterocycles. The Balaban J connectivity index is 1.33. The number of hydrazone groups is 1. The SMILES string of the molecule is Cc1ccc(-c2ccc(/C=N\Nc3nc(N4CCOCC4)nc(N4CCOCC4)n3)o2)cc1Cl. The molecule has 0 saturated carbocycles. The number of ether oxygens (including phenoxy) is 2. The number of morpholine rings is 2. The standard InChI is InChI=1S/C23H26ClN7O3/c1-16-2-3-17(14-19(16)24)20-5-4-18(34-20)15-25-29-21-26-22(30-6-10-32-11-7-30)28-23(27-21)31-8-12-33-13-9-31/h2-5,14-15H,6-13H2,1H3,(H,26,27,28,29)/b25-15-. The summed E-state index contributed by atoms with van der Waals surface area (Å²) in [6.07, 6.45) is 1.59. The summed E-state index contributed by atoms with van der Waals surface area (Å²) in [5.41, 5.74) is 4.86. The first-order chi connectivity index (χ1) is 16.7. The summed E-state index contributed by atoms with van der Waals surface area (Å²) >= 11 is 6.24. The fourth-order valence-corrected chi connectivity index (χ4v) is 3.87. The van der Waals surface area contributed by atoms with Crippen molar-refractivity contribution in [3.05, 3.63) is 46.7 Å². The van der Waals surface area contributed by atoms with E-state index < -0.39 is 0 Å². The van der Waals surface area contributed by atoms with Crippen LogP contribution in [0.15, 0.2) is 39.9 Å². The largest absolute Gasteiger partial charge is 0.455 e. The van der Waals surface area contributed by atoms with Gasteiger partial charge < -0.3 is 23.7 Å². The minimum atomic E-state index is 0.367. The van der Waals surface area contributed by atoms with E-state index in [1.807, 2.05) is 37.3 Å². The molecular formula is C23H26ClN7O3. The Morgan fingerprint density at radius 2 is 1.56 bits per heavy atom. The number of benzene rings is 1. The highest BCUT2D eigenvalue weighted by Crippen LogP contribution is 2.26. The first-order valence-electron chi connectivity index (χ1n) is 11.2. The Morgan fingerprint density at radius 3 is 2.18 bits per heavy atom. The van der Waals surface area contributed by atoms with Crippen molar-refractivity contribution in [1.82, 2.24) is 15.0 Å². The summed E-state index contributed by atoms with van der Waals surface area (Å²) in [7, 11) is 0. The molecule has 1 N–H and O–H groups in total. The number of nitrogens with zero attached hydrogens (tertiary/aromatic N) is 6. The number of aryl methyl sites for hydroxylation is 1. The maximum Gasteiger partial charge on any atom is 0.250 e. The number of anilines is 3. The van der Waals surface area contributed by atoms with Gasteiger partial charge in [-0.3, -0.25) is 0 Å². The lowest BCUT2D eigenvalue weighted by atomic mass is 10.1. The van der Waals surface area contributed by atoms with Crippen LogP contribution < -0.4 is 15.2 Å². The molecule has 0 unspecified atom stereocenters. The van der Waals surface area contributed by atoms with Gasteiger partial charge in [-0.05, 0) is 30.7 Å². The Hall–Kier alpha value is -3.21. The molecular weight excluding hydrogens is 458 g/mol. The van der Waals surface area contributed by atoms with Gasteiger partial charge in [0.1, 0.15) is 11.5 Å². The van der Waals surface area contributed by atoms with E-state index in [9.17, 15) is 0 Å². The van der Waals surface area contributed by atoms with Crippen molar-refractivity contribution in [1.29, 1.82) is 0 Å². The van der Waals surface area contributed by atoms with E-state index in [-0.39, 0.29) is 0 Å². The molecule has 2 aliphatic rings. The minimum Gasteiger partial charge on any atom is -0.455 e. The normalized spacial score (nSPS) is 16.9. The van der Waals surface area contributed by atoms with Crippen LogP contribution in [-0.2, 0) is 9.47 Å². The van der Waals surface area contributed by atoms with Gasteiger partial charge in [-0.25, -0.2) is 5.43 Å². The van der Waals surface area contributed by atoms with E-state index in [0.717, 1.165) is 37.3 Å². The van der Waals surface area contributed by atoms with Crippen LogP contribution in [0.5, 0.6) is 0 Å². The first kappa shape index (κ1) is 22.6. The molecule has 2 saturated heterocycles. The topological polar surface area (TPSA) is 101 Å². The van der Waals surface area contributed by atoms with Crippen molar-refractivity contribution in [3.8, 4) is 11.3 Å². The molecule has 2 aromatic heterocycles. The van der Waals surface area contributed by atoms with Gasteiger partial charge >= 0.3 is 0 Å². The van der Waals surface area contributed by atoms with Gasteiger partial charge in [-0.2, -0.15) is 20.1 Å². The monoisotopic (exact) mass is 483 g/mol. The van der Waals surface area contributed by atoms with Gasteiger partial charge in [0.2, 0.25) is 17.8 Å². The van der Waals surface area contributed by atoms with Crippen molar-refractivity contribution in [3.63, 3.8) is 0 Å². The Labute approximate surface area is 202 Å². The summed E-state index contributed by atoms with van der Waals surface area (Å²) in [6, 6.07) is 9.57. The zero-order valence-electron chi connectivity index (χ0n) is 18.9. The number of furan rings is 1. The number of hydrogen-bond donors (Lipinski definition) is 1.